The molecule has 3 aromatic carbocycles. The molecule has 0 spiro atoms. The van der Waals surface area contributed by atoms with Crippen molar-refractivity contribution in [3.63, 3.8) is 0 Å². The van der Waals surface area contributed by atoms with Gasteiger partial charge in [-0.25, -0.2) is 8.42 Å². The summed E-state index contributed by atoms with van der Waals surface area (Å²) in [5.74, 6) is 0.910. The molecular formula is C24H24N2O5S. The predicted molar refractivity (Wildman–Crippen MR) is 122 cm³/mol. The molecule has 0 unspecified atom stereocenters. The van der Waals surface area contributed by atoms with E-state index < -0.39 is 10.0 Å². The highest BCUT2D eigenvalue weighted by Crippen LogP contribution is 2.30. The number of benzene rings is 3. The molecule has 1 heterocycles. The van der Waals surface area contributed by atoms with E-state index in [0.29, 0.717) is 29.4 Å². The monoisotopic (exact) mass is 452 g/mol. The summed E-state index contributed by atoms with van der Waals surface area (Å²) >= 11 is 0. The minimum absolute atomic E-state index is 0.0535. The molecule has 1 amide bonds. The number of rotatable bonds is 6. The van der Waals surface area contributed by atoms with Crippen molar-refractivity contribution < 1.29 is 22.7 Å². The molecule has 0 aromatic heterocycles. The third-order valence-electron chi connectivity index (χ3n) is 5.07. The molecule has 3 aromatic rings. The molecule has 0 aliphatic carbocycles. The zero-order valence-corrected chi connectivity index (χ0v) is 18.6. The van der Waals surface area contributed by atoms with E-state index >= 15 is 0 Å². The fourth-order valence-electron chi connectivity index (χ4n) is 3.42. The van der Waals surface area contributed by atoms with Crippen molar-refractivity contribution in [1.82, 2.24) is 5.32 Å². The maximum Gasteiger partial charge on any atom is 0.262 e. The average Bonchev–Trinajstić information content (AvgIpc) is 2.77. The number of carbonyl (C=O) groups excluding carboxylic acids is 1. The Morgan fingerprint density at radius 1 is 1.00 bits per heavy atom. The number of aryl methyl sites for hydroxylation is 2. The molecule has 0 saturated heterocycles. The second-order valence-corrected chi connectivity index (χ2v) is 9.31. The SMILES string of the molecule is Cc1cccc(NS(=O)(=O)c2cc(C(=O)NC[C@H]3COc4ccccc4O3)ccc2C)c1. The molecule has 1 aliphatic heterocycles. The van der Waals surface area contributed by atoms with Gasteiger partial charge in [-0.3, -0.25) is 9.52 Å². The molecule has 2 N–H and O–H groups in total. The van der Waals surface area contributed by atoms with E-state index in [0.717, 1.165) is 5.56 Å². The van der Waals surface area contributed by atoms with Gasteiger partial charge in [0.25, 0.3) is 15.9 Å². The zero-order chi connectivity index (χ0) is 22.7. The van der Waals surface area contributed by atoms with Gasteiger partial charge in [-0.2, -0.15) is 0 Å². The van der Waals surface area contributed by atoms with Gasteiger partial charge < -0.3 is 14.8 Å². The van der Waals surface area contributed by atoms with Gasteiger partial charge in [0.2, 0.25) is 0 Å². The molecule has 0 saturated carbocycles. The molecule has 7 nitrogen and oxygen atoms in total. The number of ether oxygens (including phenoxy) is 2. The molecule has 8 heteroatoms. The third-order valence-corrected chi connectivity index (χ3v) is 6.59. The normalized spacial score (nSPS) is 15.1. The van der Waals surface area contributed by atoms with Gasteiger partial charge in [-0.05, 0) is 61.4 Å². The molecular weight excluding hydrogens is 428 g/mol. The Morgan fingerprint density at radius 2 is 1.78 bits per heavy atom. The molecule has 0 fully saturated rings. The highest BCUT2D eigenvalue weighted by molar-refractivity contribution is 7.92. The van der Waals surface area contributed by atoms with E-state index in [1.54, 1.807) is 37.3 Å². The van der Waals surface area contributed by atoms with E-state index in [1.165, 1.54) is 6.07 Å². The Kier molecular flexibility index (Phi) is 6.05. The largest absolute Gasteiger partial charge is 0.486 e. The van der Waals surface area contributed by atoms with Crippen LogP contribution in [0.5, 0.6) is 11.5 Å². The maximum absolute atomic E-state index is 13.0. The van der Waals surface area contributed by atoms with Crippen LogP contribution in [0.4, 0.5) is 5.69 Å². The molecule has 166 valence electrons. The number of amides is 1. The van der Waals surface area contributed by atoms with Gasteiger partial charge in [-0.15, -0.1) is 0 Å². The van der Waals surface area contributed by atoms with Gasteiger partial charge in [0.15, 0.2) is 11.5 Å². The minimum atomic E-state index is -3.86. The van der Waals surface area contributed by atoms with Gasteiger partial charge in [0.05, 0.1) is 11.4 Å². The quantitative estimate of drug-likeness (QED) is 0.595. The van der Waals surface area contributed by atoms with Crippen molar-refractivity contribution >= 4 is 21.6 Å². The highest BCUT2D eigenvalue weighted by atomic mass is 32.2. The Balaban J connectivity index is 1.45. The van der Waals surface area contributed by atoms with Crippen LogP contribution in [0.1, 0.15) is 21.5 Å². The first-order valence-electron chi connectivity index (χ1n) is 10.2. The van der Waals surface area contributed by atoms with E-state index in [-0.39, 0.29) is 29.0 Å². The number of hydrogen-bond acceptors (Lipinski definition) is 5. The number of carbonyl (C=O) groups is 1. The summed E-state index contributed by atoms with van der Waals surface area (Å²) in [6.45, 7) is 4.11. The van der Waals surface area contributed by atoms with Crippen molar-refractivity contribution in [2.75, 3.05) is 17.9 Å². The Morgan fingerprint density at radius 3 is 2.56 bits per heavy atom. The third kappa shape index (κ3) is 4.86. The number of fused-ring (bicyclic) bond motifs is 1. The van der Waals surface area contributed by atoms with Crippen LogP contribution in [0.3, 0.4) is 0 Å². The van der Waals surface area contributed by atoms with Gasteiger partial charge in [-0.1, -0.05) is 30.3 Å². The molecule has 4 rings (SSSR count). The van der Waals surface area contributed by atoms with Crippen molar-refractivity contribution in [2.45, 2.75) is 24.8 Å². The predicted octanol–water partition coefficient (Wildman–Crippen LogP) is 3.67. The lowest BCUT2D eigenvalue weighted by Gasteiger charge is -2.26. The van der Waals surface area contributed by atoms with E-state index in [1.807, 2.05) is 37.3 Å². The van der Waals surface area contributed by atoms with Crippen LogP contribution >= 0.6 is 0 Å². The Hall–Kier alpha value is -3.52. The summed E-state index contributed by atoms with van der Waals surface area (Å²) in [7, 11) is -3.86. The summed E-state index contributed by atoms with van der Waals surface area (Å²) < 4.78 is 40.0. The van der Waals surface area contributed by atoms with Crippen LogP contribution in [-0.2, 0) is 10.0 Å². The Labute approximate surface area is 187 Å². The lowest BCUT2D eigenvalue weighted by Crippen LogP contribution is -2.40. The summed E-state index contributed by atoms with van der Waals surface area (Å²) in [5.41, 5.74) is 2.19. The number of para-hydroxylation sites is 2. The van der Waals surface area contributed by atoms with Gasteiger partial charge in [0, 0.05) is 11.3 Å². The summed E-state index contributed by atoms with van der Waals surface area (Å²) in [4.78, 5) is 12.8. The zero-order valence-electron chi connectivity index (χ0n) is 17.8. The van der Waals surface area contributed by atoms with Crippen LogP contribution in [0.25, 0.3) is 0 Å². The second-order valence-electron chi connectivity index (χ2n) is 7.66. The fourth-order valence-corrected chi connectivity index (χ4v) is 4.74. The number of anilines is 1. The Bertz CT molecular complexity index is 1260. The van der Waals surface area contributed by atoms with Crippen LogP contribution < -0.4 is 19.5 Å². The molecule has 1 atom stereocenters. The minimum Gasteiger partial charge on any atom is -0.486 e. The summed E-state index contributed by atoms with van der Waals surface area (Å²) in [6, 6.07) is 19.0. The van der Waals surface area contributed by atoms with Crippen LogP contribution in [0.2, 0.25) is 0 Å². The van der Waals surface area contributed by atoms with Crippen LogP contribution in [-0.4, -0.2) is 33.6 Å². The lowest BCUT2D eigenvalue weighted by atomic mass is 10.1. The smallest absolute Gasteiger partial charge is 0.262 e. The fraction of sp³-hybridized carbons (Fsp3) is 0.208. The first-order chi connectivity index (χ1) is 15.3. The standard InChI is InChI=1S/C24H24N2O5S/c1-16-6-5-7-19(12-16)26-32(28,29)23-13-18(11-10-17(23)2)24(27)25-14-20-15-30-21-8-3-4-9-22(21)31-20/h3-13,20,26H,14-15H2,1-2H3,(H,25,27)/t20-/m0/s1. The van der Waals surface area contributed by atoms with Crippen molar-refractivity contribution in [1.29, 1.82) is 0 Å². The summed E-state index contributed by atoms with van der Waals surface area (Å²) in [5, 5.41) is 2.80. The first-order valence-corrected chi connectivity index (χ1v) is 11.7. The van der Waals surface area contributed by atoms with Gasteiger partial charge >= 0.3 is 0 Å². The van der Waals surface area contributed by atoms with E-state index in [4.69, 9.17) is 9.47 Å². The van der Waals surface area contributed by atoms with Crippen molar-refractivity contribution in [3.05, 3.63) is 83.4 Å². The highest BCUT2D eigenvalue weighted by Gasteiger charge is 2.23. The first kappa shape index (κ1) is 21.7. The molecule has 0 bridgehead atoms. The molecule has 1 aliphatic rings. The average molecular weight is 453 g/mol. The number of hydrogen-bond donors (Lipinski definition) is 2. The van der Waals surface area contributed by atoms with Crippen molar-refractivity contribution in [2.24, 2.45) is 0 Å². The van der Waals surface area contributed by atoms with Crippen LogP contribution in [0, 0.1) is 13.8 Å². The second kappa shape index (κ2) is 8.92. The molecule has 32 heavy (non-hydrogen) atoms. The molecule has 0 radical (unpaired) electrons. The number of nitrogens with one attached hydrogen (secondary N) is 2. The number of sulfonamides is 1. The lowest BCUT2D eigenvalue weighted by molar-refractivity contribution is 0.0789. The van der Waals surface area contributed by atoms with Crippen LogP contribution in [0.15, 0.2) is 71.6 Å². The van der Waals surface area contributed by atoms with Crippen molar-refractivity contribution in [3.8, 4) is 11.5 Å². The topological polar surface area (TPSA) is 93.7 Å². The summed E-state index contributed by atoms with van der Waals surface area (Å²) in [6.07, 6.45) is -0.342. The van der Waals surface area contributed by atoms with E-state index in [2.05, 4.69) is 10.0 Å². The van der Waals surface area contributed by atoms with E-state index in [9.17, 15) is 13.2 Å². The maximum atomic E-state index is 13.0. The van der Waals surface area contributed by atoms with Gasteiger partial charge in [0.1, 0.15) is 12.7 Å².